The van der Waals surface area contributed by atoms with Gasteiger partial charge in [0.15, 0.2) is 0 Å². The fraction of sp³-hybridized carbons (Fsp3) is 0.556. The number of nitrogens with one attached hydrogen (secondary N) is 2. The molecule has 0 saturated carbocycles. The van der Waals surface area contributed by atoms with E-state index in [2.05, 4.69) is 17.2 Å². The summed E-state index contributed by atoms with van der Waals surface area (Å²) in [5.74, 6) is -1.13. The Morgan fingerprint density at radius 1 is 1.57 bits per heavy atom. The molecule has 0 rings (SSSR count). The number of rotatable bonds is 7. The SMILES string of the molecule is C=CCNCC(=O)NC(C)CC(=O)O. The van der Waals surface area contributed by atoms with Gasteiger partial charge in [0.05, 0.1) is 13.0 Å². The van der Waals surface area contributed by atoms with Crippen LogP contribution in [0.25, 0.3) is 0 Å². The van der Waals surface area contributed by atoms with Gasteiger partial charge in [-0.05, 0) is 6.92 Å². The van der Waals surface area contributed by atoms with E-state index in [1.807, 2.05) is 0 Å². The van der Waals surface area contributed by atoms with E-state index in [4.69, 9.17) is 5.11 Å². The van der Waals surface area contributed by atoms with Gasteiger partial charge in [-0.1, -0.05) is 6.08 Å². The maximum atomic E-state index is 11.1. The highest BCUT2D eigenvalue weighted by atomic mass is 16.4. The summed E-state index contributed by atoms with van der Waals surface area (Å²) in [5.41, 5.74) is 0. The van der Waals surface area contributed by atoms with Crippen LogP contribution in [0.5, 0.6) is 0 Å². The van der Waals surface area contributed by atoms with E-state index in [1.54, 1.807) is 13.0 Å². The van der Waals surface area contributed by atoms with Crippen LogP contribution in [-0.2, 0) is 9.59 Å². The standard InChI is InChI=1S/C9H16N2O3/c1-3-4-10-6-8(12)11-7(2)5-9(13)14/h3,7,10H,1,4-6H2,2H3,(H,11,12)(H,13,14). The number of amides is 1. The molecule has 0 aliphatic heterocycles. The van der Waals surface area contributed by atoms with Crippen molar-refractivity contribution >= 4 is 11.9 Å². The Bertz CT molecular complexity index is 216. The molecule has 0 heterocycles. The summed E-state index contributed by atoms with van der Waals surface area (Å²) in [6.07, 6.45) is 1.58. The van der Waals surface area contributed by atoms with E-state index in [0.29, 0.717) is 6.54 Å². The molecular weight excluding hydrogens is 184 g/mol. The Kier molecular flexibility index (Phi) is 6.39. The Balaban J connectivity index is 3.60. The molecule has 0 aromatic heterocycles. The molecule has 0 bridgehead atoms. The zero-order valence-corrected chi connectivity index (χ0v) is 8.25. The van der Waals surface area contributed by atoms with Gasteiger partial charge in [0.2, 0.25) is 5.91 Å². The molecule has 1 atom stereocenters. The van der Waals surface area contributed by atoms with Gasteiger partial charge in [-0.2, -0.15) is 0 Å². The summed E-state index contributed by atoms with van der Waals surface area (Å²) >= 11 is 0. The molecule has 14 heavy (non-hydrogen) atoms. The maximum Gasteiger partial charge on any atom is 0.305 e. The molecule has 3 N–H and O–H groups in total. The fourth-order valence-corrected chi connectivity index (χ4v) is 0.927. The van der Waals surface area contributed by atoms with Gasteiger partial charge >= 0.3 is 5.97 Å². The van der Waals surface area contributed by atoms with E-state index in [-0.39, 0.29) is 24.9 Å². The van der Waals surface area contributed by atoms with Crippen LogP contribution in [0.15, 0.2) is 12.7 Å². The van der Waals surface area contributed by atoms with Crippen LogP contribution in [0.4, 0.5) is 0 Å². The third-order valence-electron chi connectivity index (χ3n) is 1.46. The zero-order chi connectivity index (χ0) is 11.0. The summed E-state index contributed by atoms with van der Waals surface area (Å²) < 4.78 is 0. The first-order valence-electron chi connectivity index (χ1n) is 4.39. The Hall–Kier alpha value is -1.36. The second-order valence-electron chi connectivity index (χ2n) is 2.99. The lowest BCUT2D eigenvalue weighted by molar-refractivity contribution is -0.137. The lowest BCUT2D eigenvalue weighted by atomic mass is 10.2. The number of aliphatic carboxylic acids is 1. The molecule has 0 radical (unpaired) electrons. The zero-order valence-electron chi connectivity index (χ0n) is 8.25. The monoisotopic (exact) mass is 200 g/mol. The minimum Gasteiger partial charge on any atom is -0.481 e. The number of hydrogen-bond acceptors (Lipinski definition) is 3. The predicted octanol–water partition coefficient (Wildman–Crippen LogP) is -0.259. The average Bonchev–Trinajstić information content (AvgIpc) is 2.02. The molecule has 80 valence electrons. The van der Waals surface area contributed by atoms with Crippen LogP contribution in [0, 0.1) is 0 Å². The number of hydrogen-bond donors (Lipinski definition) is 3. The van der Waals surface area contributed by atoms with Crippen molar-refractivity contribution in [3.63, 3.8) is 0 Å². The summed E-state index contributed by atoms with van der Waals surface area (Å²) in [6, 6.07) is -0.342. The van der Waals surface area contributed by atoms with Crippen LogP contribution in [0.1, 0.15) is 13.3 Å². The van der Waals surface area contributed by atoms with E-state index in [1.165, 1.54) is 0 Å². The summed E-state index contributed by atoms with van der Waals surface area (Å²) in [7, 11) is 0. The van der Waals surface area contributed by atoms with Crippen molar-refractivity contribution in [3.05, 3.63) is 12.7 Å². The van der Waals surface area contributed by atoms with Gasteiger partial charge in [0.25, 0.3) is 0 Å². The molecular formula is C9H16N2O3. The number of carboxylic acids is 1. The highest BCUT2D eigenvalue weighted by Gasteiger charge is 2.09. The van der Waals surface area contributed by atoms with E-state index in [9.17, 15) is 9.59 Å². The van der Waals surface area contributed by atoms with Gasteiger partial charge in [-0.3, -0.25) is 9.59 Å². The Labute approximate surface area is 83.2 Å². The molecule has 0 spiro atoms. The molecule has 5 heteroatoms. The highest BCUT2D eigenvalue weighted by molar-refractivity contribution is 5.79. The van der Waals surface area contributed by atoms with Crippen molar-refractivity contribution in [1.82, 2.24) is 10.6 Å². The van der Waals surface area contributed by atoms with E-state index >= 15 is 0 Å². The molecule has 0 aromatic carbocycles. The molecule has 0 aromatic rings. The maximum absolute atomic E-state index is 11.1. The Morgan fingerprint density at radius 3 is 2.71 bits per heavy atom. The van der Waals surface area contributed by atoms with Gasteiger partial charge < -0.3 is 15.7 Å². The molecule has 0 aliphatic rings. The number of carbonyl (C=O) groups excluding carboxylic acids is 1. The summed E-state index contributed by atoms with van der Waals surface area (Å²) in [4.78, 5) is 21.4. The lowest BCUT2D eigenvalue weighted by Gasteiger charge is -2.11. The van der Waals surface area contributed by atoms with Gasteiger partial charge in [0.1, 0.15) is 0 Å². The van der Waals surface area contributed by atoms with Gasteiger partial charge in [-0.15, -0.1) is 6.58 Å². The average molecular weight is 200 g/mol. The molecule has 0 aliphatic carbocycles. The quantitative estimate of drug-likeness (QED) is 0.391. The van der Waals surface area contributed by atoms with Crippen LogP contribution < -0.4 is 10.6 Å². The molecule has 1 amide bonds. The third-order valence-corrected chi connectivity index (χ3v) is 1.46. The minimum absolute atomic E-state index is 0.0623. The summed E-state index contributed by atoms with van der Waals surface area (Å²) in [6.45, 7) is 5.87. The van der Waals surface area contributed by atoms with Crippen LogP contribution in [-0.4, -0.2) is 36.1 Å². The van der Waals surface area contributed by atoms with Crippen molar-refractivity contribution in [2.45, 2.75) is 19.4 Å². The number of carboxylic acid groups (broad SMARTS) is 1. The number of carbonyl (C=O) groups is 2. The first kappa shape index (κ1) is 12.6. The van der Waals surface area contributed by atoms with Gasteiger partial charge in [0, 0.05) is 12.6 Å². The van der Waals surface area contributed by atoms with Crippen molar-refractivity contribution < 1.29 is 14.7 Å². The van der Waals surface area contributed by atoms with Crippen molar-refractivity contribution in [1.29, 1.82) is 0 Å². The fourth-order valence-electron chi connectivity index (χ4n) is 0.927. The van der Waals surface area contributed by atoms with Gasteiger partial charge in [-0.25, -0.2) is 0 Å². The Morgan fingerprint density at radius 2 is 2.21 bits per heavy atom. The first-order valence-corrected chi connectivity index (χ1v) is 4.39. The second-order valence-corrected chi connectivity index (χ2v) is 2.99. The van der Waals surface area contributed by atoms with Crippen molar-refractivity contribution in [3.8, 4) is 0 Å². The third kappa shape index (κ3) is 7.30. The van der Waals surface area contributed by atoms with Crippen molar-refractivity contribution in [2.75, 3.05) is 13.1 Å². The van der Waals surface area contributed by atoms with E-state index in [0.717, 1.165) is 0 Å². The van der Waals surface area contributed by atoms with Crippen LogP contribution >= 0.6 is 0 Å². The lowest BCUT2D eigenvalue weighted by Crippen LogP contribution is -2.39. The molecule has 5 nitrogen and oxygen atoms in total. The summed E-state index contributed by atoms with van der Waals surface area (Å²) in [5, 5.41) is 13.8. The minimum atomic E-state index is -0.920. The predicted molar refractivity (Wildman–Crippen MR) is 52.9 cm³/mol. The smallest absolute Gasteiger partial charge is 0.305 e. The van der Waals surface area contributed by atoms with E-state index < -0.39 is 5.97 Å². The largest absolute Gasteiger partial charge is 0.481 e. The van der Waals surface area contributed by atoms with Crippen LogP contribution in [0.2, 0.25) is 0 Å². The van der Waals surface area contributed by atoms with Crippen molar-refractivity contribution in [2.24, 2.45) is 0 Å². The molecule has 0 fully saturated rings. The molecule has 0 saturated heterocycles. The van der Waals surface area contributed by atoms with Crippen LogP contribution in [0.3, 0.4) is 0 Å². The first-order chi connectivity index (χ1) is 6.56. The molecule has 1 unspecified atom stereocenters. The normalized spacial score (nSPS) is 11.8. The second kappa shape index (κ2) is 7.08. The topological polar surface area (TPSA) is 78.4 Å². The highest BCUT2D eigenvalue weighted by Crippen LogP contribution is 1.89.